The standard InChI is InChI=1S/C21H28N4O6/c1-20(2,3)31-19(28)23-11-21(4,5)25-18(27)17(26)24-13-7-8-14(15(9-13)29-6)16-10-22-12-30-16/h7-10,12H,11H2,1-6H3,(H,23,28)(H,24,26)(H,25,27). The van der Waals surface area contributed by atoms with Gasteiger partial charge in [-0.25, -0.2) is 9.78 Å². The highest BCUT2D eigenvalue weighted by Gasteiger charge is 2.26. The Balaban J connectivity index is 1.96. The number of methoxy groups -OCH3 is 1. The fraction of sp³-hybridized carbons (Fsp3) is 0.429. The summed E-state index contributed by atoms with van der Waals surface area (Å²) in [5, 5.41) is 7.67. The first kappa shape index (κ1) is 23.7. The number of alkyl carbamates (subject to hydrolysis) is 1. The Morgan fingerprint density at radius 3 is 2.39 bits per heavy atom. The zero-order valence-corrected chi connectivity index (χ0v) is 18.5. The van der Waals surface area contributed by atoms with E-state index in [-0.39, 0.29) is 6.54 Å². The van der Waals surface area contributed by atoms with Crippen molar-refractivity contribution in [2.24, 2.45) is 0 Å². The van der Waals surface area contributed by atoms with E-state index in [1.54, 1.807) is 52.8 Å². The smallest absolute Gasteiger partial charge is 0.407 e. The first-order valence-corrected chi connectivity index (χ1v) is 9.57. The monoisotopic (exact) mass is 432 g/mol. The summed E-state index contributed by atoms with van der Waals surface area (Å²) in [5.41, 5.74) is -0.512. The zero-order chi connectivity index (χ0) is 23.2. The number of oxazole rings is 1. The number of nitrogens with one attached hydrogen (secondary N) is 3. The van der Waals surface area contributed by atoms with Gasteiger partial charge in [0.2, 0.25) is 0 Å². The first-order chi connectivity index (χ1) is 14.4. The maximum Gasteiger partial charge on any atom is 0.407 e. The molecule has 0 radical (unpaired) electrons. The predicted molar refractivity (Wildman–Crippen MR) is 114 cm³/mol. The number of amides is 3. The lowest BCUT2D eigenvalue weighted by atomic mass is 10.1. The van der Waals surface area contributed by atoms with Crippen LogP contribution in [0.4, 0.5) is 10.5 Å². The lowest BCUT2D eigenvalue weighted by molar-refractivity contribution is -0.137. The van der Waals surface area contributed by atoms with E-state index in [9.17, 15) is 14.4 Å². The molecule has 0 fully saturated rings. The van der Waals surface area contributed by atoms with E-state index < -0.39 is 29.0 Å². The number of nitrogens with zero attached hydrogens (tertiary/aromatic N) is 1. The Kier molecular flexibility index (Phi) is 7.27. The van der Waals surface area contributed by atoms with Crippen LogP contribution in [0.15, 0.2) is 35.2 Å². The van der Waals surface area contributed by atoms with E-state index in [2.05, 4.69) is 20.9 Å². The number of carbonyl (C=O) groups excluding carboxylic acids is 3. The molecule has 0 aliphatic rings. The average Bonchev–Trinajstić information content (AvgIpc) is 3.19. The number of hydrogen-bond acceptors (Lipinski definition) is 7. The minimum absolute atomic E-state index is 0.0701. The Morgan fingerprint density at radius 2 is 1.81 bits per heavy atom. The molecular formula is C21H28N4O6. The molecule has 0 aliphatic heterocycles. The fourth-order valence-corrected chi connectivity index (χ4v) is 2.52. The van der Waals surface area contributed by atoms with Gasteiger partial charge in [-0.3, -0.25) is 9.59 Å². The van der Waals surface area contributed by atoms with Gasteiger partial charge < -0.3 is 29.8 Å². The largest absolute Gasteiger partial charge is 0.496 e. The maximum absolute atomic E-state index is 12.3. The predicted octanol–water partition coefficient (Wildman–Crippen LogP) is 2.71. The number of benzene rings is 1. The van der Waals surface area contributed by atoms with Crippen LogP contribution in [0.25, 0.3) is 11.3 Å². The summed E-state index contributed by atoms with van der Waals surface area (Å²) in [4.78, 5) is 40.3. The summed E-state index contributed by atoms with van der Waals surface area (Å²) in [6.45, 7) is 8.65. The molecule has 3 N–H and O–H groups in total. The third kappa shape index (κ3) is 7.32. The van der Waals surface area contributed by atoms with Crippen LogP contribution < -0.4 is 20.7 Å². The van der Waals surface area contributed by atoms with Crippen molar-refractivity contribution in [3.05, 3.63) is 30.8 Å². The second kappa shape index (κ2) is 9.50. The van der Waals surface area contributed by atoms with Crippen LogP contribution in [0.3, 0.4) is 0 Å². The lowest BCUT2D eigenvalue weighted by Gasteiger charge is -2.27. The van der Waals surface area contributed by atoms with Gasteiger partial charge in [-0.15, -0.1) is 0 Å². The van der Waals surface area contributed by atoms with Crippen molar-refractivity contribution in [3.8, 4) is 17.1 Å². The lowest BCUT2D eigenvalue weighted by Crippen LogP contribution is -2.54. The molecule has 168 valence electrons. The van der Waals surface area contributed by atoms with Crippen molar-refractivity contribution in [3.63, 3.8) is 0 Å². The fourth-order valence-electron chi connectivity index (χ4n) is 2.52. The molecule has 10 nitrogen and oxygen atoms in total. The highest BCUT2D eigenvalue weighted by Crippen LogP contribution is 2.32. The van der Waals surface area contributed by atoms with Crippen LogP contribution in [-0.4, -0.2) is 47.7 Å². The van der Waals surface area contributed by atoms with E-state index in [1.807, 2.05) is 0 Å². The van der Waals surface area contributed by atoms with Gasteiger partial charge in [0.25, 0.3) is 0 Å². The molecule has 1 heterocycles. The molecule has 0 bridgehead atoms. The Labute approximate surface area is 180 Å². The highest BCUT2D eigenvalue weighted by molar-refractivity contribution is 6.39. The van der Waals surface area contributed by atoms with Gasteiger partial charge in [0.05, 0.1) is 24.4 Å². The molecule has 0 atom stereocenters. The van der Waals surface area contributed by atoms with E-state index >= 15 is 0 Å². The maximum atomic E-state index is 12.3. The summed E-state index contributed by atoms with van der Waals surface area (Å²) in [7, 11) is 1.48. The molecule has 2 rings (SSSR count). The average molecular weight is 432 g/mol. The van der Waals surface area contributed by atoms with Gasteiger partial charge in [-0.2, -0.15) is 0 Å². The van der Waals surface area contributed by atoms with Crippen LogP contribution in [0.1, 0.15) is 34.6 Å². The van der Waals surface area contributed by atoms with Crippen LogP contribution in [0.5, 0.6) is 5.75 Å². The van der Waals surface area contributed by atoms with Crippen LogP contribution in [0, 0.1) is 0 Å². The van der Waals surface area contributed by atoms with Crippen molar-refractivity contribution in [2.45, 2.75) is 45.8 Å². The number of carbonyl (C=O) groups is 3. The van der Waals surface area contributed by atoms with Gasteiger partial charge in [-0.05, 0) is 46.8 Å². The molecule has 0 aliphatic carbocycles. The Hall–Kier alpha value is -3.56. The molecule has 10 heteroatoms. The molecule has 31 heavy (non-hydrogen) atoms. The zero-order valence-electron chi connectivity index (χ0n) is 18.5. The second-order valence-corrected chi connectivity index (χ2v) is 8.43. The van der Waals surface area contributed by atoms with Gasteiger partial charge in [0.15, 0.2) is 12.2 Å². The van der Waals surface area contributed by atoms with E-state index in [1.165, 1.54) is 19.7 Å². The van der Waals surface area contributed by atoms with Crippen molar-refractivity contribution in [1.82, 2.24) is 15.6 Å². The molecule has 3 amide bonds. The van der Waals surface area contributed by atoms with E-state index in [4.69, 9.17) is 13.9 Å². The number of hydrogen-bond donors (Lipinski definition) is 3. The Morgan fingerprint density at radius 1 is 1.10 bits per heavy atom. The molecule has 0 saturated heterocycles. The molecule has 1 aromatic heterocycles. The molecule has 0 saturated carbocycles. The SMILES string of the molecule is COc1cc(NC(=O)C(=O)NC(C)(C)CNC(=O)OC(C)(C)C)ccc1-c1cnco1. The van der Waals surface area contributed by atoms with Crippen molar-refractivity contribution >= 4 is 23.6 Å². The van der Waals surface area contributed by atoms with Crippen molar-refractivity contribution < 1.29 is 28.3 Å². The number of ether oxygens (including phenoxy) is 2. The minimum atomic E-state index is -0.890. The van der Waals surface area contributed by atoms with E-state index in [0.717, 1.165) is 0 Å². The Bertz CT molecular complexity index is 932. The summed E-state index contributed by atoms with van der Waals surface area (Å²) < 4.78 is 15.7. The third-order valence-corrected chi connectivity index (χ3v) is 3.89. The number of rotatable bonds is 6. The molecule has 1 aromatic carbocycles. The topological polar surface area (TPSA) is 132 Å². The molecule has 0 spiro atoms. The second-order valence-electron chi connectivity index (χ2n) is 8.43. The van der Waals surface area contributed by atoms with Gasteiger partial charge in [0.1, 0.15) is 11.4 Å². The normalized spacial score (nSPS) is 11.4. The molecular weight excluding hydrogens is 404 g/mol. The van der Waals surface area contributed by atoms with Gasteiger partial charge in [0, 0.05) is 18.3 Å². The summed E-state index contributed by atoms with van der Waals surface area (Å²) in [6.07, 6.45) is 2.23. The molecule has 2 aromatic rings. The van der Waals surface area contributed by atoms with Crippen molar-refractivity contribution in [2.75, 3.05) is 19.0 Å². The van der Waals surface area contributed by atoms with Crippen LogP contribution in [0.2, 0.25) is 0 Å². The van der Waals surface area contributed by atoms with E-state index in [0.29, 0.717) is 22.8 Å². The number of aromatic nitrogens is 1. The first-order valence-electron chi connectivity index (χ1n) is 9.57. The van der Waals surface area contributed by atoms with Crippen LogP contribution >= 0.6 is 0 Å². The highest BCUT2D eigenvalue weighted by atomic mass is 16.6. The third-order valence-electron chi connectivity index (χ3n) is 3.89. The quantitative estimate of drug-likeness (QED) is 0.598. The summed E-state index contributed by atoms with van der Waals surface area (Å²) in [5.74, 6) is -0.766. The number of anilines is 1. The van der Waals surface area contributed by atoms with Crippen LogP contribution in [-0.2, 0) is 14.3 Å². The van der Waals surface area contributed by atoms with Gasteiger partial charge in [-0.1, -0.05) is 0 Å². The van der Waals surface area contributed by atoms with Gasteiger partial charge >= 0.3 is 17.9 Å². The van der Waals surface area contributed by atoms with Crippen molar-refractivity contribution in [1.29, 1.82) is 0 Å². The minimum Gasteiger partial charge on any atom is -0.496 e. The summed E-state index contributed by atoms with van der Waals surface area (Å²) >= 11 is 0. The summed E-state index contributed by atoms with van der Waals surface area (Å²) in [6, 6.07) is 4.86. The molecule has 0 unspecified atom stereocenters.